The number of rotatable bonds is 3. The molecule has 3 aromatic carbocycles. The minimum Gasteiger partial charge on any atom is -0.497 e. The summed E-state index contributed by atoms with van der Waals surface area (Å²) in [5.74, 6) is -4.09. The number of ketones is 2. The Hall–Kier alpha value is -3.62. The third kappa shape index (κ3) is 2.81. The first-order valence-corrected chi connectivity index (χ1v) is 11.8. The second-order valence-electron chi connectivity index (χ2n) is 8.71. The number of nitrogens with zero attached hydrogens (tertiary/aromatic N) is 1. The van der Waals surface area contributed by atoms with Crippen LogP contribution >= 0.6 is 15.9 Å². The summed E-state index contributed by atoms with van der Waals surface area (Å²) in [6.07, 6.45) is -0.975. The third-order valence-corrected chi connectivity index (χ3v) is 7.78. The van der Waals surface area contributed by atoms with Crippen molar-refractivity contribution >= 4 is 45.0 Å². The molecular weight excluding hydrogens is 514 g/mol. The number of amides is 2. The minimum absolute atomic E-state index is 0.201. The van der Waals surface area contributed by atoms with Crippen molar-refractivity contribution in [2.45, 2.75) is 11.7 Å². The fraction of sp³-hybridized carbons (Fsp3) is 0.185. The van der Waals surface area contributed by atoms with Gasteiger partial charge in [-0.2, -0.15) is 0 Å². The lowest BCUT2D eigenvalue weighted by molar-refractivity contribution is -0.127. The zero-order chi connectivity index (χ0) is 24.5. The quantitative estimate of drug-likeness (QED) is 0.372. The number of hydrogen-bond acceptors (Lipinski definition) is 6. The second-order valence-corrected chi connectivity index (χ2v) is 9.57. The van der Waals surface area contributed by atoms with Crippen LogP contribution in [0.25, 0.3) is 0 Å². The van der Waals surface area contributed by atoms with Gasteiger partial charge in [-0.1, -0.05) is 58.4 Å². The molecule has 3 atom stereocenters. The van der Waals surface area contributed by atoms with Crippen LogP contribution in [0.3, 0.4) is 0 Å². The van der Waals surface area contributed by atoms with Gasteiger partial charge < -0.3 is 9.47 Å². The predicted octanol–water partition coefficient (Wildman–Crippen LogP) is 4.15. The van der Waals surface area contributed by atoms with Gasteiger partial charge in [0.05, 0.1) is 30.7 Å². The number of ether oxygens (including phenoxy) is 2. The average Bonchev–Trinajstić information content (AvgIpc) is 3.44. The molecule has 174 valence electrons. The molecule has 3 aliphatic rings. The highest BCUT2D eigenvalue weighted by atomic mass is 79.9. The van der Waals surface area contributed by atoms with Crippen molar-refractivity contribution in [3.63, 3.8) is 0 Å². The largest absolute Gasteiger partial charge is 0.497 e. The summed E-state index contributed by atoms with van der Waals surface area (Å²) < 4.78 is 12.1. The van der Waals surface area contributed by atoms with E-state index in [9.17, 15) is 19.2 Å². The number of imide groups is 1. The smallest absolute Gasteiger partial charge is 0.241 e. The van der Waals surface area contributed by atoms with E-state index in [2.05, 4.69) is 15.9 Å². The molecule has 0 radical (unpaired) electrons. The molecule has 2 amide bonds. The number of Topliss-reactive ketones (excluding diaryl/α,β-unsaturated/α-hetero) is 2. The van der Waals surface area contributed by atoms with Crippen LogP contribution in [-0.4, -0.2) is 36.1 Å². The molecule has 2 saturated heterocycles. The van der Waals surface area contributed by atoms with Gasteiger partial charge in [0.1, 0.15) is 5.75 Å². The van der Waals surface area contributed by atoms with Crippen LogP contribution < -0.4 is 9.64 Å². The maximum atomic E-state index is 13.9. The fourth-order valence-corrected chi connectivity index (χ4v) is 6.00. The van der Waals surface area contributed by atoms with Crippen molar-refractivity contribution < 1.29 is 28.7 Å². The Kier molecular flexibility index (Phi) is 4.81. The highest BCUT2D eigenvalue weighted by molar-refractivity contribution is 9.10. The van der Waals surface area contributed by atoms with Gasteiger partial charge in [-0.25, -0.2) is 4.90 Å². The molecule has 2 heterocycles. The second kappa shape index (κ2) is 7.69. The normalized spacial score (nSPS) is 24.3. The SMILES string of the molecule is COc1ccc(N2C(=O)[C@@H]3[C@@H](C2=O)C2(O[C@H]3c3ccccc3Br)C(=O)c3ccccc3C2=O)cc1. The lowest BCUT2D eigenvalue weighted by Gasteiger charge is -2.27. The molecule has 0 unspecified atom stereocenters. The molecule has 1 spiro atoms. The summed E-state index contributed by atoms with van der Waals surface area (Å²) in [4.78, 5) is 56.3. The summed E-state index contributed by atoms with van der Waals surface area (Å²) in [6, 6.07) is 20.0. The number of hydrogen-bond donors (Lipinski definition) is 0. The van der Waals surface area contributed by atoms with E-state index in [4.69, 9.17) is 9.47 Å². The van der Waals surface area contributed by atoms with Gasteiger partial charge in [-0.05, 0) is 35.9 Å². The van der Waals surface area contributed by atoms with Crippen molar-refractivity contribution in [1.82, 2.24) is 0 Å². The maximum Gasteiger partial charge on any atom is 0.241 e. The van der Waals surface area contributed by atoms with E-state index in [1.165, 1.54) is 7.11 Å². The van der Waals surface area contributed by atoms with Gasteiger partial charge in [-0.3, -0.25) is 19.2 Å². The average molecular weight is 532 g/mol. The summed E-state index contributed by atoms with van der Waals surface area (Å²) in [5.41, 5.74) is -0.762. The third-order valence-electron chi connectivity index (χ3n) is 7.06. The topological polar surface area (TPSA) is 90.0 Å². The van der Waals surface area contributed by atoms with Crippen LogP contribution in [0.5, 0.6) is 5.75 Å². The van der Waals surface area contributed by atoms with E-state index in [1.807, 2.05) is 6.07 Å². The first-order chi connectivity index (χ1) is 16.9. The molecule has 2 fully saturated rings. The van der Waals surface area contributed by atoms with E-state index < -0.39 is 46.9 Å². The summed E-state index contributed by atoms with van der Waals surface area (Å²) >= 11 is 3.50. The molecule has 6 rings (SSSR count). The number of benzene rings is 3. The van der Waals surface area contributed by atoms with Crippen LogP contribution in [0.1, 0.15) is 32.4 Å². The van der Waals surface area contributed by atoms with Gasteiger partial charge in [-0.15, -0.1) is 0 Å². The Bertz CT molecular complexity index is 1400. The molecule has 2 aliphatic heterocycles. The molecule has 1 aliphatic carbocycles. The van der Waals surface area contributed by atoms with E-state index in [-0.39, 0.29) is 11.1 Å². The van der Waals surface area contributed by atoms with Crippen molar-refractivity contribution in [2.75, 3.05) is 12.0 Å². The van der Waals surface area contributed by atoms with Crippen molar-refractivity contribution in [3.8, 4) is 5.75 Å². The fourth-order valence-electron chi connectivity index (χ4n) is 5.49. The van der Waals surface area contributed by atoms with E-state index in [0.29, 0.717) is 21.5 Å². The van der Waals surface area contributed by atoms with Crippen LogP contribution in [0.2, 0.25) is 0 Å². The molecular formula is C27H18BrNO6. The number of fused-ring (bicyclic) bond motifs is 3. The minimum atomic E-state index is -2.09. The molecule has 3 aromatic rings. The first-order valence-electron chi connectivity index (χ1n) is 11.0. The molecule has 0 aromatic heterocycles. The first kappa shape index (κ1) is 21.9. The maximum absolute atomic E-state index is 13.9. The zero-order valence-electron chi connectivity index (χ0n) is 18.4. The monoisotopic (exact) mass is 531 g/mol. The van der Waals surface area contributed by atoms with E-state index >= 15 is 0 Å². The predicted molar refractivity (Wildman–Crippen MR) is 128 cm³/mol. The Morgan fingerprint density at radius 2 is 1.43 bits per heavy atom. The Morgan fingerprint density at radius 1 is 0.829 bits per heavy atom. The van der Waals surface area contributed by atoms with Crippen molar-refractivity contribution in [3.05, 3.63) is 94.0 Å². The molecule has 7 nitrogen and oxygen atoms in total. The van der Waals surface area contributed by atoms with E-state index in [1.54, 1.807) is 66.7 Å². The molecule has 0 saturated carbocycles. The van der Waals surface area contributed by atoms with Crippen LogP contribution in [0, 0.1) is 11.8 Å². The molecule has 0 bridgehead atoms. The Morgan fingerprint density at radius 3 is 2.03 bits per heavy atom. The van der Waals surface area contributed by atoms with Gasteiger partial charge in [0, 0.05) is 15.6 Å². The Labute approximate surface area is 208 Å². The number of anilines is 1. The summed E-state index contributed by atoms with van der Waals surface area (Å²) in [5, 5.41) is 0. The van der Waals surface area contributed by atoms with Crippen LogP contribution in [0.15, 0.2) is 77.3 Å². The van der Waals surface area contributed by atoms with Crippen LogP contribution in [-0.2, 0) is 14.3 Å². The highest BCUT2D eigenvalue weighted by Gasteiger charge is 2.74. The highest BCUT2D eigenvalue weighted by Crippen LogP contribution is 2.58. The number of carbonyl (C=O) groups is 4. The van der Waals surface area contributed by atoms with E-state index in [0.717, 1.165) is 4.90 Å². The van der Waals surface area contributed by atoms with Gasteiger partial charge in [0.25, 0.3) is 0 Å². The number of methoxy groups -OCH3 is 1. The summed E-state index contributed by atoms with van der Waals surface area (Å²) in [6.45, 7) is 0. The number of halogens is 1. The van der Waals surface area contributed by atoms with Gasteiger partial charge in [0.15, 0.2) is 0 Å². The molecule has 8 heteroatoms. The lowest BCUT2D eigenvalue weighted by Crippen LogP contribution is -2.51. The van der Waals surface area contributed by atoms with Gasteiger partial charge >= 0.3 is 0 Å². The Balaban J connectivity index is 1.54. The lowest BCUT2D eigenvalue weighted by atomic mass is 9.77. The number of carbonyl (C=O) groups excluding carboxylic acids is 4. The summed E-state index contributed by atoms with van der Waals surface area (Å²) in [7, 11) is 1.52. The zero-order valence-corrected chi connectivity index (χ0v) is 20.0. The van der Waals surface area contributed by atoms with Gasteiger partial charge in [0.2, 0.25) is 29.0 Å². The van der Waals surface area contributed by atoms with Crippen molar-refractivity contribution in [2.24, 2.45) is 11.8 Å². The standard InChI is InChI=1S/C27H18BrNO6/c1-34-15-12-10-14(11-13-15)29-25(32)20-21(26(29)33)27(35-22(20)18-8-4-5-9-19(18)28)23(30)16-6-2-3-7-17(16)24(27)31/h2-13,20-22H,1H3/t20-,21+,22+/m1/s1. The van der Waals surface area contributed by atoms with Crippen LogP contribution in [0.4, 0.5) is 5.69 Å². The molecule has 0 N–H and O–H groups in total. The van der Waals surface area contributed by atoms with Crippen molar-refractivity contribution in [1.29, 1.82) is 0 Å². The molecule has 35 heavy (non-hydrogen) atoms.